The summed E-state index contributed by atoms with van der Waals surface area (Å²) in [6, 6.07) is 89.5. The Labute approximate surface area is 483 Å². The summed E-state index contributed by atoms with van der Waals surface area (Å²) in [6.07, 6.45) is 7.27. The molecule has 0 aliphatic heterocycles. The first-order valence-corrected chi connectivity index (χ1v) is 28.0. The van der Waals surface area contributed by atoms with E-state index in [2.05, 4.69) is 240 Å². The molecule has 0 N–H and O–H groups in total. The molecule has 0 spiro atoms. The maximum atomic E-state index is 5.48. The Morgan fingerprint density at radius 3 is 0.869 bits per heavy atom. The third-order valence-electron chi connectivity index (χ3n) is 16.1. The summed E-state index contributed by atoms with van der Waals surface area (Å²) in [6.45, 7) is 0. The van der Waals surface area contributed by atoms with E-state index in [1.807, 2.05) is 49.1 Å². The molecule has 84 heavy (non-hydrogen) atoms. The Kier molecular flexibility index (Phi) is 11.7. The van der Waals surface area contributed by atoms with Gasteiger partial charge in [0.15, 0.2) is 34.9 Å². The fraction of sp³-hybridized carbons (Fsp3) is 0. The largest absolute Gasteiger partial charge is 0.265 e. The second kappa shape index (κ2) is 20.3. The first-order chi connectivity index (χ1) is 41.6. The van der Waals surface area contributed by atoms with Gasteiger partial charge >= 0.3 is 0 Å². The Hall–Kier alpha value is -11.5. The summed E-state index contributed by atoms with van der Waals surface area (Å²) in [5.74, 6) is 3.45. The number of benzene rings is 12. The molecule has 4 aromatic heterocycles. The molecule has 0 bridgehead atoms. The zero-order valence-corrected chi connectivity index (χ0v) is 45.1. The molecular formula is C76H46N8. The minimum absolute atomic E-state index is 0.567. The molecule has 16 rings (SSSR count). The van der Waals surface area contributed by atoms with Gasteiger partial charge in [-0.25, -0.2) is 29.9 Å². The van der Waals surface area contributed by atoms with Crippen LogP contribution in [-0.2, 0) is 0 Å². The van der Waals surface area contributed by atoms with E-state index >= 15 is 0 Å². The number of pyridine rings is 2. The van der Waals surface area contributed by atoms with E-state index in [0.29, 0.717) is 34.9 Å². The molecule has 4 heterocycles. The van der Waals surface area contributed by atoms with Gasteiger partial charge in [0.25, 0.3) is 0 Å². The van der Waals surface area contributed by atoms with Crippen molar-refractivity contribution in [1.82, 2.24) is 39.9 Å². The number of hydrogen-bond donors (Lipinski definition) is 0. The van der Waals surface area contributed by atoms with Crippen molar-refractivity contribution in [2.24, 2.45) is 0 Å². The predicted octanol–water partition coefficient (Wildman–Crippen LogP) is 18.7. The summed E-state index contributed by atoms with van der Waals surface area (Å²) in [4.78, 5) is 41.0. The lowest BCUT2D eigenvalue weighted by molar-refractivity contribution is 1.08. The molecule has 8 heteroatoms. The van der Waals surface area contributed by atoms with Crippen LogP contribution in [0.1, 0.15) is 0 Å². The molecule has 0 saturated carbocycles. The van der Waals surface area contributed by atoms with Gasteiger partial charge in [-0.05, 0) is 147 Å². The highest BCUT2D eigenvalue weighted by Crippen LogP contribution is 2.48. The van der Waals surface area contributed by atoms with E-state index in [9.17, 15) is 0 Å². The Morgan fingerprint density at radius 1 is 0.179 bits per heavy atom. The Morgan fingerprint density at radius 2 is 0.476 bits per heavy atom. The molecule has 0 saturated heterocycles. The summed E-state index contributed by atoms with van der Waals surface area (Å²) in [5, 5.41) is 10.9. The molecule has 390 valence electrons. The highest BCUT2D eigenvalue weighted by molar-refractivity contribution is 6.31. The number of rotatable bonds is 10. The molecule has 0 radical (unpaired) electrons. The van der Waals surface area contributed by atoms with E-state index in [-0.39, 0.29) is 0 Å². The van der Waals surface area contributed by atoms with Crippen LogP contribution in [0.5, 0.6) is 0 Å². The van der Waals surface area contributed by atoms with Crippen LogP contribution in [0.4, 0.5) is 0 Å². The average molecular weight is 1070 g/mol. The van der Waals surface area contributed by atoms with Gasteiger partial charge in [-0.15, -0.1) is 0 Å². The number of hydrogen-bond acceptors (Lipinski definition) is 8. The van der Waals surface area contributed by atoms with Gasteiger partial charge in [-0.1, -0.05) is 206 Å². The molecule has 16 aromatic rings. The minimum atomic E-state index is 0.567. The van der Waals surface area contributed by atoms with E-state index in [0.717, 1.165) is 132 Å². The van der Waals surface area contributed by atoms with E-state index < -0.39 is 0 Å². The lowest BCUT2D eigenvalue weighted by atomic mass is 9.83. The van der Waals surface area contributed by atoms with Crippen molar-refractivity contribution in [3.63, 3.8) is 0 Å². The highest BCUT2D eigenvalue weighted by Gasteiger charge is 2.25. The number of aromatic nitrogens is 8. The second-order valence-electron chi connectivity index (χ2n) is 21.1. The van der Waals surface area contributed by atoms with Crippen molar-refractivity contribution >= 4 is 53.9 Å². The minimum Gasteiger partial charge on any atom is -0.265 e. The topological polar surface area (TPSA) is 103 Å². The van der Waals surface area contributed by atoms with E-state index in [4.69, 9.17) is 29.9 Å². The molecule has 0 atom stereocenters. The van der Waals surface area contributed by atoms with Crippen LogP contribution in [0.15, 0.2) is 280 Å². The lowest BCUT2D eigenvalue weighted by Gasteiger charge is -2.21. The normalized spacial score (nSPS) is 11.6. The Balaban J connectivity index is 0.964. The lowest BCUT2D eigenvalue weighted by Crippen LogP contribution is -2.02. The highest BCUT2D eigenvalue weighted by atomic mass is 15.0. The maximum Gasteiger partial charge on any atom is 0.164 e. The number of fused-ring (bicyclic) bond motifs is 2. The molecule has 0 aliphatic carbocycles. The van der Waals surface area contributed by atoms with Crippen molar-refractivity contribution in [2.45, 2.75) is 0 Å². The summed E-state index contributed by atoms with van der Waals surface area (Å²) in [7, 11) is 0. The molecule has 0 amide bonds. The molecule has 12 aromatic carbocycles. The van der Waals surface area contributed by atoms with E-state index in [1.54, 1.807) is 0 Å². The summed E-state index contributed by atoms with van der Waals surface area (Å²) < 4.78 is 0. The van der Waals surface area contributed by atoms with Gasteiger partial charge in [-0.2, -0.15) is 0 Å². The van der Waals surface area contributed by atoms with Gasteiger partial charge in [0, 0.05) is 58.2 Å². The van der Waals surface area contributed by atoms with Crippen LogP contribution in [-0.4, -0.2) is 39.9 Å². The number of nitrogens with zero attached hydrogens (tertiary/aromatic N) is 8. The van der Waals surface area contributed by atoms with Crippen molar-refractivity contribution in [1.29, 1.82) is 0 Å². The smallest absolute Gasteiger partial charge is 0.164 e. The summed E-state index contributed by atoms with van der Waals surface area (Å²) in [5.41, 5.74) is 13.9. The second-order valence-corrected chi connectivity index (χ2v) is 21.1. The molecule has 0 fully saturated rings. The van der Waals surface area contributed by atoms with Crippen LogP contribution >= 0.6 is 0 Å². The van der Waals surface area contributed by atoms with Crippen molar-refractivity contribution < 1.29 is 0 Å². The van der Waals surface area contributed by atoms with Crippen LogP contribution in [0, 0.1) is 0 Å². The SMILES string of the molecule is c1ccc(-c2cc(-c3nc(-c4ccc(-c5ccncc5)cc4)nc(-c4ccc5ccccc5c4)n3)c3ccc4c(-c5ccccc5)cc(-c5nc(-c6ccc(-c7ccncc7)cc6)nc(-c6ccc7ccccc7c6)n5)c5ccc2c3c45)cc1. The average Bonchev–Trinajstić information content (AvgIpc) is 0.889. The standard InChI is InChI=1S/C76H46N8/c1-3-13-53(14-4-1)65-45-67(75-81-71(55-25-19-49(20-26-55)51-35-39-77-40-36-51)79-73(83-75)59-29-23-47-11-7-9-17-57(47)43-59)63-34-32-62-66(54-15-5-2-6-16-54)46-68(64-33-31-61(65)69(63)70(62)64)76-82-72(56-27-21-50(22-28-56)52-37-41-78-42-38-52)80-74(84-76)60-30-24-48-12-8-10-18-58(48)44-60/h1-46H. The Bertz CT molecular complexity index is 4830. The van der Waals surface area contributed by atoms with E-state index in [1.165, 1.54) is 0 Å². The predicted molar refractivity (Wildman–Crippen MR) is 342 cm³/mol. The van der Waals surface area contributed by atoms with Crippen molar-refractivity contribution in [2.75, 3.05) is 0 Å². The summed E-state index contributed by atoms with van der Waals surface area (Å²) >= 11 is 0. The fourth-order valence-electron chi connectivity index (χ4n) is 12.0. The quantitative estimate of drug-likeness (QED) is 0.125. The van der Waals surface area contributed by atoms with Gasteiger partial charge < -0.3 is 0 Å². The molecule has 0 unspecified atom stereocenters. The third kappa shape index (κ3) is 8.65. The van der Waals surface area contributed by atoms with Crippen molar-refractivity contribution in [3.05, 3.63) is 280 Å². The molecule has 0 aliphatic rings. The van der Waals surface area contributed by atoms with Gasteiger partial charge in [0.1, 0.15) is 0 Å². The van der Waals surface area contributed by atoms with Gasteiger partial charge in [0.05, 0.1) is 0 Å². The van der Waals surface area contributed by atoms with Gasteiger partial charge in [0.2, 0.25) is 0 Å². The third-order valence-corrected chi connectivity index (χ3v) is 16.1. The van der Waals surface area contributed by atoms with Crippen LogP contribution in [0.3, 0.4) is 0 Å². The fourth-order valence-corrected chi connectivity index (χ4v) is 12.0. The maximum absolute atomic E-state index is 5.48. The monoisotopic (exact) mass is 1070 g/mol. The van der Waals surface area contributed by atoms with Crippen LogP contribution < -0.4 is 0 Å². The first-order valence-electron chi connectivity index (χ1n) is 28.0. The molecular weight excluding hydrogens is 1020 g/mol. The zero-order valence-electron chi connectivity index (χ0n) is 45.1. The van der Waals surface area contributed by atoms with Crippen LogP contribution in [0.25, 0.3) is 167 Å². The van der Waals surface area contributed by atoms with Crippen molar-refractivity contribution in [3.8, 4) is 113 Å². The van der Waals surface area contributed by atoms with Crippen LogP contribution in [0.2, 0.25) is 0 Å². The molecule has 8 nitrogen and oxygen atoms in total. The van der Waals surface area contributed by atoms with Gasteiger partial charge in [-0.3, -0.25) is 9.97 Å². The zero-order chi connectivity index (χ0) is 55.5. The first kappa shape index (κ1) is 48.4.